The van der Waals surface area contributed by atoms with Crippen LogP contribution in [0.4, 0.5) is 11.4 Å². The second kappa shape index (κ2) is 9.01. The molecule has 2 aromatic rings. The van der Waals surface area contributed by atoms with Crippen molar-refractivity contribution in [2.24, 2.45) is 0 Å². The van der Waals surface area contributed by atoms with Gasteiger partial charge in [0.05, 0.1) is 31.8 Å². The molecular formula is C19H22N2O10P2S. The minimum absolute atomic E-state index is 0.000178. The van der Waals surface area contributed by atoms with Crippen molar-refractivity contribution < 1.29 is 45.6 Å². The Hall–Kier alpha value is -2.37. The van der Waals surface area contributed by atoms with Crippen LogP contribution in [-0.4, -0.2) is 46.5 Å². The maximum Gasteiger partial charge on any atom is 0.362 e. The van der Waals surface area contributed by atoms with E-state index in [1.165, 1.54) is 13.0 Å². The van der Waals surface area contributed by atoms with Crippen LogP contribution in [0.5, 0.6) is 0 Å². The standard InChI is InChI=1S/C19H22N2O10P2S/c1-10(22)20-14-8-18-12(6-16(14)32(24,25)29-3)13-7-17(33(26,30-4)31-5)15(21-11(2)23)9-19(13)34(18,27)28/h6-9H,1-5H3,(H,20,22)(H,21,23)(H,24,25). The van der Waals surface area contributed by atoms with Crippen molar-refractivity contribution >= 4 is 58.8 Å². The summed E-state index contributed by atoms with van der Waals surface area (Å²) in [5.41, 5.74) is -0.307. The third-order valence-electron chi connectivity index (χ3n) is 5.01. The fourth-order valence-electron chi connectivity index (χ4n) is 3.53. The molecule has 0 radical (unpaired) electrons. The Morgan fingerprint density at radius 2 is 1.21 bits per heavy atom. The van der Waals surface area contributed by atoms with E-state index in [1.807, 2.05) is 0 Å². The topological polar surface area (TPSA) is 174 Å². The Morgan fingerprint density at radius 1 is 0.794 bits per heavy atom. The molecule has 0 aliphatic carbocycles. The third kappa shape index (κ3) is 4.36. The summed E-state index contributed by atoms with van der Waals surface area (Å²) in [6, 6.07) is 4.49. The first-order valence-corrected chi connectivity index (χ1v) is 14.1. The van der Waals surface area contributed by atoms with E-state index in [4.69, 9.17) is 13.6 Å². The number of carbonyl (C=O) groups excluding carboxylic acids is 2. The van der Waals surface area contributed by atoms with Crippen molar-refractivity contribution in [3.63, 3.8) is 0 Å². The molecule has 1 unspecified atom stereocenters. The van der Waals surface area contributed by atoms with Gasteiger partial charge in [-0.25, -0.2) is 8.42 Å². The summed E-state index contributed by atoms with van der Waals surface area (Å²) in [6.07, 6.45) is 0. The molecule has 2 amide bonds. The predicted octanol–water partition coefficient (Wildman–Crippen LogP) is 1.98. The van der Waals surface area contributed by atoms with Gasteiger partial charge in [0, 0.05) is 46.3 Å². The van der Waals surface area contributed by atoms with E-state index < -0.39 is 36.8 Å². The van der Waals surface area contributed by atoms with Crippen molar-refractivity contribution in [3.8, 4) is 11.1 Å². The van der Waals surface area contributed by atoms with E-state index in [2.05, 4.69) is 10.6 Å². The number of rotatable bonds is 7. The van der Waals surface area contributed by atoms with Gasteiger partial charge in [0.25, 0.3) is 0 Å². The number of nitrogens with one attached hydrogen (secondary N) is 2. The van der Waals surface area contributed by atoms with Gasteiger partial charge in [0.1, 0.15) is 0 Å². The number of hydrogen-bond acceptors (Lipinski definition) is 9. The van der Waals surface area contributed by atoms with Crippen LogP contribution in [0.3, 0.4) is 0 Å². The number of anilines is 2. The minimum atomic E-state index is -4.46. The zero-order chi connectivity index (χ0) is 25.6. The minimum Gasteiger partial charge on any atom is -0.325 e. The number of sulfone groups is 1. The molecule has 1 aliphatic rings. The van der Waals surface area contributed by atoms with E-state index in [0.717, 1.165) is 46.5 Å². The summed E-state index contributed by atoms with van der Waals surface area (Å²) in [5, 5.41) is 4.30. The SMILES string of the molecule is COP(=O)(O)c1cc2c(cc1NC(C)=O)S(=O)(=O)c1cc(NC(C)=O)c(P(=O)(OC)OC)cc1-2. The van der Waals surface area contributed by atoms with Crippen molar-refractivity contribution in [1.29, 1.82) is 0 Å². The van der Waals surface area contributed by atoms with Gasteiger partial charge in [-0.1, -0.05) is 0 Å². The quantitative estimate of drug-likeness (QED) is 0.382. The normalized spacial score (nSPS) is 15.7. The summed E-state index contributed by atoms with van der Waals surface area (Å²) >= 11 is 0. The highest BCUT2D eigenvalue weighted by Crippen LogP contribution is 2.53. The molecule has 3 rings (SSSR count). The summed E-state index contributed by atoms with van der Waals surface area (Å²) < 4.78 is 67.3. The summed E-state index contributed by atoms with van der Waals surface area (Å²) in [5.74, 6) is -1.18. The highest BCUT2D eigenvalue weighted by molar-refractivity contribution is 7.92. The second-order valence-corrected chi connectivity index (χ2v) is 13.1. The van der Waals surface area contributed by atoms with Crippen LogP contribution in [0.2, 0.25) is 0 Å². The monoisotopic (exact) mass is 532 g/mol. The Labute approximate surface area is 195 Å². The van der Waals surface area contributed by atoms with Gasteiger partial charge in [0.15, 0.2) is 0 Å². The lowest BCUT2D eigenvalue weighted by molar-refractivity contribution is -0.115. The number of hydrogen-bond donors (Lipinski definition) is 3. The number of carbonyl (C=O) groups is 2. The van der Waals surface area contributed by atoms with E-state index in [-0.39, 0.29) is 42.9 Å². The first kappa shape index (κ1) is 26.2. The smallest absolute Gasteiger partial charge is 0.325 e. The highest BCUT2D eigenvalue weighted by Gasteiger charge is 2.40. The average molecular weight is 532 g/mol. The Kier molecular flexibility index (Phi) is 6.95. The molecule has 0 fully saturated rings. The van der Waals surface area contributed by atoms with Crippen molar-refractivity contribution in [1.82, 2.24) is 0 Å². The number of benzene rings is 2. The average Bonchev–Trinajstić information content (AvgIpc) is 2.97. The molecule has 184 valence electrons. The van der Waals surface area contributed by atoms with Crippen LogP contribution in [0.15, 0.2) is 34.1 Å². The van der Waals surface area contributed by atoms with Crippen molar-refractivity contribution in [2.45, 2.75) is 23.6 Å². The Morgan fingerprint density at radius 3 is 1.59 bits per heavy atom. The fourth-order valence-corrected chi connectivity index (χ4v) is 7.39. The molecule has 34 heavy (non-hydrogen) atoms. The van der Waals surface area contributed by atoms with E-state index >= 15 is 0 Å². The molecule has 1 atom stereocenters. The van der Waals surface area contributed by atoms with Gasteiger partial charge in [-0.2, -0.15) is 0 Å². The predicted molar refractivity (Wildman–Crippen MR) is 124 cm³/mol. The molecule has 2 aromatic carbocycles. The molecule has 0 saturated heterocycles. The van der Waals surface area contributed by atoms with Gasteiger partial charge in [-0.15, -0.1) is 0 Å². The lowest BCUT2D eigenvalue weighted by atomic mass is 10.0. The molecule has 3 N–H and O–H groups in total. The first-order chi connectivity index (χ1) is 15.7. The fraction of sp³-hybridized carbons (Fsp3) is 0.263. The van der Waals surface area contributed by atoms with Gasteiger partial charge >= 0.3 is 15.2 Å². The zero-order valence-electron chi connectivity index (χ0n) is 18.7. The molecular weight excluding hydrogens is 510 g/mol. The number of fused-ring (bicyclic) bond motifs is 3. The van der Waals surface area contributed by atoms with E-state index in [9.17, 15) is 32.0 Å². The molecule has 15 heteroatoms. The lowest BCUT2D eigenvalue weighted by Gasteiger charge is -2.19. The summed E-state index contributed by atoms with van der Waals surface area (Å²) in [7, 11) is -9.43. The molecule has 0 spiro atoms. The van der Waals surface area contributed by atoms with Crippen LogP contribution < -0.4 is 21.2 Å². The third-order valence-corrected chi connectivity index (χ3v) is 10.2. The van der Waals surface area contributed by atoms with Crippen LogP contribution in [-0.2, 0) is 42.1 Å². The molecule has 0 saturated carbocycles. The lowest BCUT2D eigenvalue weighted by Crippen LogP contribution is -2.19. The molecule has 0 bridgehead atoms. The van der Waals surface area contributed by atoms with Crippen LogP contribution >= 0.6 is 15.2 Å². The maximum atomic E-state index is 13.4. The Bertz CT molecular complexity index is 1410. The molecule has 1 aliphatic heterocycles. The van der Waals surface area contributed by atoms with Gasteiger partial charge < -0.3 is 29.1 Å². The van der Waals surface area contributed by atoms with Crippen LogP contribution in [0, 0.1) is 0 Å². The molecule has 1 heterocycles. The zero-order valence-corrected chi connectivity index (χ0v) is 21.3. The van der Waals surface area contributed by atoms with Gasteiger partial charge in [-0.05, 0) is 24.3 Å². The van der Waals surface area contributed by atoms with Crippen LogP contribution in [0.1, 0.15) is 13.8 Å². The van der Waals surface area contributed by atoms with Gasteiger partial charge in [-0.3, -0.25) is 18.7 Å². The summed E-state index contributed by atoms with van der Waals surface area (Å²) in [4.78, 5) is 33.2. The second-order valence-electron chi connectivity index (χ2n) is 7.16. The van der Waals surface area contributed by atoms with Crippen molar-refractivity contribution in [2.75, 3.05) is 32.0 Å². The Balaban J connectivity index is 2.44. The molecule has 0 aromatic heterocycles. The summed E-state index contributed by atoms with van der Waals surface area (Å²) in [6.45, 7) is 2.33. The molecule has 12 nitrogen and oxygen atoms in total. The number of amides is 2. The van der Waals surface area contributed by atoms with Crippen LogP contribution in [0.25, 0.3) is 11.1 Å². The van der Waals surface area contributed by atoms with Crippen molar-refractivity contribution in [3.05, 3.63) is 24.3 Å². The maximum absolute atomic E-state index is 13.4. The van der Waals surface area contributed by atoms with E-state index in [0.29, 0.717) is 0 Å². The highest BCUT2D eigenvalue weighted by atomic mass is 32.2. The van der Waals surface area contributed by atoms with Gasteiger partial charge in [0.2, 0.25) is 21.7 Å². The first-order valence-electron chi connectivity index (χ1n) is 9.49. The van der Waals surface area contributed by atoms with E-state index in [1.54, 1.807) is 0 Å². The largest absolute Gasteiger partial charge is 0.362 e.